The summed E-state index contributed by atoms with van der Waals surface area (Å²) >= 11 is 0. The maximum absolute atomic E-state index is 13.5. The molecule has 0 atom stereocenters. The van der Waals surface area contributed by atoms with E-state index in [1.165, 1.54) is 48.6 Å². The Morgan fingerprint density at radius 3 is 1.24 bits per heavy atom. The van der Waals surface area contributed by atoms with E-state index in [4.69, 9.17) is 35.4 Å². The number of hydrogen-bond acceptors (Lipinski definition) is 16. The van der Waals surface area contributed by atoms with E-state index in [2.05, 4.69) is 85.1 Å². The minimum absolute atomic E-state index is 0.00483. The number of ether oxygens (including phenoxy) is 4. The third-order valence-corrected chi connectivity index (χ3v) is 33.2. The molecule has 2 heterocycles. The molecule has 0 N–H and O–H groups in total. The van der Waals surface area contributed by atoms with Crippen molar-refractivity contribution in [3.63, 3.8) is 0 Å². The van der Waals surface area contributed by atoms with Gasteiger partial charge in [-0.15, -0.1) is 0 Å². The van der Waals surface area contributed by atoms with Crippen LogP contribution < -0.4 is 0 Å². The Labute approximate surface area is 461 Å². The Balaban J connectivity index is 0.000000400. The first-order valence-electron chi connectivity index (χ1n) is 25.1. The summed E-state index contributed by atoms with van der Waals surface area (Å²) in [6.45, 7) is 41.6. The van der Waals surface area contributed by atoms with Gasteiger partial charge in [0.25, 0.3) is 0 Å². The number of benzene rings is 2. The zero-order valence-corrected chi connectivity index (χ0v) is 56.3. The lowest BCUT2D eigenvalue weighted by molar-refractivity contribution is -0.138. The van der Waals surface area contributed by atoms with Crippen molar-refractivity contribution in [1.29, 1.82) is 0 Å². The fourth-order valence-electron chi connectivity index (χ4n) is 7.54. The van der Waals surface area contributed by atoms with E-state index in [0.29, 0.717) is 30.2 Å². The van der Waals surface area contributed by atoms with Crippen LogP contribution in [0.15, 0.2) is 140 Å². The van der Waals surface area contributed by atoms with E-state index in [-0.39, 0.29) is 34.1 Å². The fourth-order valence-corrected chi connectivity index (χ4v) is 32.8. The molecule has 0 saturated carbocycles. The molecule has 0 aromatic heterocycles. The molecule has 76 heavy (non-hydrogen) atoms. The molecule has 424 valence electrons. The Bertz CT molecular complexity index is 2720. The molecule has 0 amide bonds. The van der Waals surface area contributed by atoms with Crippen molar-refractivity contribution in [3.8, 4) is 0 Å². The Morgan fingerprint density at radius 1 is 0.579 bits per heavy atom. The van der Waals surface area contributed by atoms with Crippen molar-refractivity contribution in [2.75, 3.05) is 40.5 Å². The third kappa shape index (κ3) is 20.1. The number of hydrogen-bond donors (Lipinski definition) is 0. The van der Waals surface area contributed by atoms with Crippen LogP contribution in [0.2, 0.25) is 91.7 Å². The highest BCUT2D eigenvalue weighted by molar-refractivity contribution is 7.96. The third-order valence-electron chi connectivity index (χ3n) is 11.2. The predicted octanol–water partition coefficient (Wildman–Crippen LogP) is 10.7. The summed E-state index contributed by atoms with van der Waals surface area (Å²) in [7, 11) is -18.1. The van der Waals surface area contributed by atoms with Crippen LogP contribution in [-0.2, 0) is 64.7 Å². The van der Waals surface area contributed by atoms with Crippen LogP contribution in [0.25, 0.3) is 0 Å². The van der Waals surface area contributed by atoms with Crippen LogP contribution in [-0.4, -0.2) is 141 Å². The van der Waals surface area contributed by atoms with Crippen LogP contribution in [0.5, 0.6) is 0 Å². The average Bonchev–Trinajstić information content (AvgIpc) is 3.68. The summed E-state index contributed by atoms with van der Waals surface area (Å²) in [5, 5.41) is 0.533. The van der Waals surface area contributed by atoms with Crippen LogP contribution in [0.4, 0.5) is 0 Å². The maximum Gasteiger partial charge on any atom is 0.350 e. The van der Waals surface area contributed by atoms with Gasteiger partial charge in [-0.25, -0.2) is 26.4 Å². The number of carbonyl (C=O) groups excluding carboxylic acids is 2. The number of carbonyl (C=O) groups is 2. The number of sulfone groups is 2. The van der Waals surface area contributed by atoms with Gasteiger partial charge in [-0.1, -0.05) is 49.1 Å². The molecule has 2 aromatic rings. The minimum atomic E-state index is -4.18. The average molecular weight is 1200 g/mol. The molecule has 4 rings (SSSR count). The molecular formula is C52H86N2O14S2Si6. The van der Waals surface area contributed by atoms with Gasteiger partial charge in [0.15, 0.2) is 54.8 Å². The SMILES string of the molecule is C=C(COC(=O)/C(=C\C=C1\OCC(C)(C)N1C)S(=O)(=O)c1ccccc1)[Si](C)(O[Si](C)(C)C)O[Si](C)(C)C.CN1/C(=C\C=C(/C(=O)OC/C=C/[Si](C)(O[Si](C)(C)C)O[Si](C)(C)C)S(=O)(=O)c2ccccc2)OCC1(C)C. The van der Waals surface area contributed by atoms with Gasteiger partial charge < -0.3 is 45.2 Å². The Morgan fingerprint density at radius 2 is 0.921 bits per heavy atom. The molecule has 0 radical (unpaired) electrons. The van der Waals surface area contributed by atoms with E-state index in [0.717, 1.165) is 0 Å². The first-order chi connectivity index (χ1) is 34.4. The molecular weight excluding hydrogens is 1110 g/mol. The first-order valence-corrected chi connectivity index (χ1v) is 46.4. The van der Waals surface area contributed by atoms with Crippen molar-refractivity contribution >= 4 is 82.0 Å². The van der Waals surface area contributed by atoms with Gasteiger partial charge in [-0.3, -0.25) is 0 Å². The maximum atomic E-state index is 13.5. The highest BCUT2D eigenvalue weighted by atomic mass is 32.2. The second-order valence-corrected chi connectivity index (χ2v) is 53.0. The number of allylic oxidation sites excluding steroid dienone is 4. The van der Waals surface area contributed by atoms with Crippen LogP contribution in [0.3, 0.4) is 0 Å². The van der Waals surface area contributed by atoms with Gasteiger partial charge in [0.05, 0.1) is 20.9 Å². The zero-order valence-electron chi connectivity index (χ0n) is 48.7. The standard InChI is InChI=1S/2C26H43NO7SSi3/c1-21(38(11,33-36(5,6)7)34-37(8,9)10)19-31-25(28)23(35(29,30)22-15-13-12-14-16-22)17-18-24-27(4)26(2,3)20-32-24;1-26(2)21-32-24(27(26)3)18-17-23(35(29,30)22-15-12-11-13-16-22)25(28)31-19-14-20-38(10,33-36(4,5)6)34-37(7,8)9/h12-18H,1,19-20H2,2-11H3;11-18,20H,19,21H2,1-10H3/b23-17+,24-18+;20-14+,23-17+,24-18+. The highest BCUT2D eigenvalue weighted by Gasteiger charge is 2.44. The van der Waals surface area contributed by atoms with Gasteiger partial charge in [0.2, 0.25) is 19.7 Å². The van der Waals surface area contributed by atoms with Crippen molar-refractivity contribution < 1.29 is 61.8 Å². The lowest BCUT2D eigenvalue weighted by atomic mass is 10.1. The van der Waals surface area contributed by atoms with Gasteiger partial charge >= 0.3 is 29.1 Å². The van der Waals surface area contributed by atoms with E-state index < -0.39 is 91.8 Å². The largest absolute Gasteiger partial charge is 0.477 e. The Kier molecular flexibility index (Phi) is 22.2. The summed E-state index contributed by atoms with van der Waals surface area (Å²) < 4.78 is 102. The molecule has 2 saturated heterocycles. The molecule has 0 unspecified atom stereocenters. The normalized spacial score (nSPS) is 18.1. The summed E-state index contributed by atoms with van der Waals surface area (Å²) in [5.41, 5.74) is 1.35. The molecule has 0 aliphatic carbocycles. The van der Waals surface area contributed by atoms with Crippen molar-refractivity contribution in [1.82, 2.24) is 9.80 Å². The molecule has 0 bridgehead atoms. The molecule has 16 nitrogen and oxygen atoms in total. The lowest BCUT2D eigenvalue weighted by Crippen LogP contribution is -2.54. The minimum Gasteiger partial charge on any atom is -0.477 e. The highest BCUT2D eigenvalue weighted by Crippen LogP contribution is 2.32. The van der Waals surface area contributed by atoms with Crippen molar-refractivity contribution in [2.45, 2.75) is 140 Å². The summed E-state index contributed by atoms with van der Waals surface area (Å²) in [6, 6.07) is 15.6. The Hall–Kier alpha value is -3.94. The second kappa shape index (κ2) is 25.5. The molecule has 2 aliphatic heterocycles. The van der Waals surface area contributed by atoms with E-state index in [1.54, 1.807) is 42.5 Å². The molecule has 2 fully saturated rings. The molecule has 24 heteroatoms. The quantitative estimate of drug-likeness (QED) is 0.0616. The van der Waals surface area contributed by atoms with Crippen molar-refractivity contribution in [3.05, 3.63) is 130 Å². The van der Waals surface area contributed by atoms with Crippen LogP contribution in [0.1, 0.15) is 27.7 Å². The molecule has 2 aliphatic rings. The summed E-state index contributed by atoms with van der Waals surface area (Å²) in [5.74, 6) is -1.00. The van der Waals surface area contributed by atoms with Crippen molar-refractivity contribution in [2.24, 2.45) is 0 Å². The summed E-state index contributed by atoms with van der Waals surface area (Å²) in [6.07, 6.45) is 7.17. The van der Waals surface area contributed by atoms with Gasteiger partial charge in [0, 0.05) is 19.3 Å². The van der Waals surface area contributed by atoms with E-state index in [9.17, 15) is 26.4 Å². The topological polar surface area (TPSA) is 183 Å². The van der Waals surface area contributed by atoms with Gasteiger partial charge in [-0.05, 0) is 174 Å². The fraction of sp³-hybridized carbons (Fsp3) is 0.500. The van der Waals surface area contributed by atoms with E-state index >= 15 is 0 Å². The smallest absolute Gasteiger partial charge is 0.350 e. The van der Waals surface area contributed by atoms with Crippen LogP contribution in [0, 0.1) is 0 Å². The van der Waals surface area contributed by atoms with Gasteiger partial charge in [0.1, 0.15) is 26.4 Å². The molecule has 0 spiro atoms. The lowest BCUT2D eigenvalue weighted by Gasteiger charge is -2.39. The zero-order chi connectivity index (χ0) is 58.1. The van der Waals surface area contributed by atoms with Gasteiger partial charge in [-0.2, -0.15) is 0 Å². The number of nitrogens with zero attached hydrogens (tertiary/aromatic N) is 2. The number of rotatable bonds is 22. The monoisotopic (exact) mass is 1190 g/mol. The number of likely N-dealkylation sites (N-methyl/N-ethyl adjacent to an activating group) is 2. The van der Waals surface area contributed by atoms with Crippen LogP contribution >= 0.6 is 0 Å². The number of esters is 2. The second-order valence-electron chi connectivity index (χ2n) is 24.0. The first kappa shape index (κ1) is 66.3. The van der Waals surface area contributed by atoms with E-state index in [1.807, 2.05) is 70.4 Å². The summed E-state index contributed by atoms with van der Waals surface area (Å²) in [4.78, 5) is 29.3. The molecule has 2 aromatic carbocycles. The predicted molar refractivity (Wildman–Crippen MR) is 316 cm³/mol.